The zero-order chi connectivity index (χ0) is 16.8. The first-order valence-corrected chi connectivity index (χ1v) is 9.81. The second-order valence-electron chi connectivity index (χ2n) is 9.17. The Bertz CT molecular complexity index is 452. The molecule has 3 N–H and O–H groups in total. The Hall–Kier alpha value is -0.810. The highest BCUT2D eigenvalue weighted by Crippen LogP contribution is 2.61. The van der Waals surface area contributed by atoms with Crippen LogP contribution in [0.15, 0.2) is 0 Å². The molecule has 4 aliphatic carbocycles. The number of rotatable bonds is 4. The molecule has 0 radical (unpaired) electrons. The number of hydrogen-bond acceptors (Lipinski definition) is 3. The maximum Gasteiger partial charge on any atom is 0.315 e. The summed E-state index contributed by atoms with van der Waals surface area (Å²) in [7, 11) is 0. The molecule has 24 heavy (non-hydrogen) atoms. The second kappa shape index (κ2) is 6.17. The molecule has 0 aromatic carbocycles. The van der Waals surface area contributed by atoms with E-state index in [1.54, 1.807) is 0 Å². The average molecular weight is 336 g/mol. The van der Waals surface area contributed by atoms with Crippen LogP contribution in [0.4, 0.5) is 4.79 Å². The minimum atomic E-state index is -0.806. The lowest BCUT2D eigenvalue weighted by atomic mass is 9.48. The van der Waals surface area contributed by atoms with Crippen LogP contribution in [0.25, 0.3) is 0 Å². The van der Waals surface area contributed by atoms with Crippen molar-refractivity contribution in [3.63, 3.8) is 0 Å². The summed E-state index contributed by atoms with van der Waals surface area (Å²) in [6.07, 6.45) is 9.34. The molecule has 1 unspecified atom stereocenters. The number of amides is 2. The average Bonchev–Trinajstić information content (AvgIpc) is 2.52. The molecule has 1 aliphatic heterocycles. The lowest BCUT2D eigenvalue weighted by Crippen LogP contribution is -2.58. The van der Waals surface area contributed by atoms with Crippen molar-refractivity contribution in [1.29, 1.82) is 0 Å². The van der Waals surface area contributed by atoms with Crippen LogP contribution in [0.3, 0.4) is 0 Å². The van der Waals surface area contributed by atoms with E-state index in [2.05, 4.69) is 17.6 Å². The topological polar surface area (TPSA) is 70.6 Å². The highest BCUT2D eigenvalue weighted by molar-refractivity contribution is 5.74. The fraction of sp³-hybridized carbons (Fsp3) is 0.947. The summed E-state index contributed by atoms with van der Waals surface area (Å²) in [5.41, 5.74) is -0.485. The van der Waals surface area contributed by atoms with Gasteiger partial charge in [0.2, 0.25) is 0 Å². The standard InChI is InChI=1S/C19H32N2O3/c1-13(18-9-14-6-15(10-18)8-16(7-14)11-18)21-17(22)20-12-19(23)2-4-24-5-3-19/h13-16,23H,2-12H2,1H3,(H2,20,21,22). The predicted octanol–water partition coefficient (Wildman–Crippen LogP) is 2.43. The third-order valence-electron chi connectivity index (χ3n) is 7.35. The van der Waals surface area contributed by atoms with E-state index in [9.17, 15) is 9.90 Å². The Kier molecular flexibility index (Phi) is 4.28. The minimum Gasteiger partial charge on any atom is -0.388 e. The summed E-state index contributed by atoms with van der Waals surface area (Å²) in [6, 6.07) is 0.0911. The lowest BCUT2D eigenvalue weighted by Gasteiger charge is -2.59. The highest BCUT2D eigenvalue weighted by atomic mass is 16.5. The highest BCUT2D eigenvalue weighted by Gasteiger charge is 2.53. The van der Waals surface area contributed by atoms with Gasteiger partial charge in [-0.25, -0.2) is 4.79 Å². The molecule has 2 amide bonds. The van der Waals surface area contributed by atoms with E-state index in [4.69, 9.17) is 4.74 Å². The van der Waals surface area contributed by atoms with Crippen LogP contribution in [-0.2, 0) is 4.74 Å². The van der Waals surface area contributed by atoms with E-state index in [0.717, 1.165) is 17.8 Å². The quantitative estimate of drug-likeness (QED) is 0.738. The van der Waals surface area contributed by atoms with Crippen LogP contribution in [0.5, 0.6) is 0 Å². The van der Waals surface area contributed by atoms with E-state index in [1.807, 2.05) is 0 Å². The van der Waals surface area contributed by atoms with Gasteiger partial charge >= 0.3 is 6.03 Å². The molecule has 1 heterocycles. The molecule has 136 valence electrons. The normalized spacial score (nSPS) is 41.0. The van der Waals surface area contributed by atoms with Gasteiger partial charge in [0.25, 0.3) is 0 Å². The summed E-state index contributed by atoms with van der Waals surface area (Å²) in [6.45, 7) is 3.65. The Morgan fingerprint density at radius 3 is 2.21 bits per heavy atom. The van der Waals surface area contributed by atoms with Gasteiger partial charge in [-0.2, -0.15) is 0 Å². The number of carbonyl (C=O) groups is 1. The molecular weight excluding hydrogens is 304 g/mol. The van der Waals surface area contributed by atoms with Crippen LogP contribution in [-0.4, -0.2) is 42.5 Å². The molecule has 4 saturated carbocycles. The van der Waals surface area contributed by atoms with E-state index < -0.39 is 5.60 Å². The number of hydrogen-bond donors (Lipinski definition) is 3. The first-order chi connectivity index (χ1) is 11.5. The van der Waals surface area contributed by atoms with E-state index in [0.29, 0.717) is 38.0 Å². The first-order valence-electron chi connectivity index (χ1n) is 9.81. The van der Waals surface area contributed by atoms with Crippen LogP contribution >= 0.6 is 0 Å². The Labute approximate surface area is 144 Å². The third kappa shape index (κ3) is 3.17. The van der Waals surface area contributed by atoms with Gasteiger partial charge in [-0.1, -0.05) is 0 Å². The molecule has 5 fully saturated rings. The number of urea groups is 1. The van der Waals surface area contributed by atoms with Crippen molar-refractivity contribution in [3.8, 4) is 0 Å². The van der Waals surface area contributed by atoms with E-state index >= 15 is 0 Å². The molecular formula is C19H32N2O3. The summed E-state index contributed by atoms with van der Waals surface area (Å²) in [5.74, 6) is 2.68. The van der Waals surface area contributed by atoms with Gasteiger partial charge in [0, 0.05) is 38.6 Å². The van der Waals surface area contributed by atoms with Crippen LogP contribution in [0, 0.1) is 23.2 Å². The molecule has 5 rings (SSSR count). The van der Waals surface area contributed by atoms with Crippen LogP contribution in [0.1, 0.15) is 58.3 Å². The molecule has 0 spiro atoms. The van der Waals surface area contributed by atoms with E-state index in [1.165, 1.54) is 38.5 Å². The summed E-state index contributed by atoms with van der Waals surface area (Å²) < 4.78 is 5.29. The van der Waals surface area contributed by atoms with Gasteiger partial charge in [0.1, 0.15) is 0 Å². The van der Waals surface area contributed by atoms with Crippen molar-refractivity contribution in [3.05, 3.63) is 0 Å². The van der Waals surface area contributed by atoms with Crippen molar-refractivity contribution >= 4 is 6.03 Å². The monoisotopic (exact) mass is 336 g/mol. The van der Waals surface area contributed by atoms with Crippen LogP contribution in [0.2, 0.25) is 0 Å². The molecule has 1 saturated heterocycles. The van der Waals surface area contributed by atoms with Gasteiger partial charge in [0.05, 0.1) is 5.60 Å². The predicted molar refractivity (Wildman–Crippen MR) is 91.6 cm³/mol. The fourth-order valence-corrected chi connectivity index (χ4v) is 6.28. The largest absolute Gasteiger partial charge is 0.388 e. The molecule has 4 bridgehead atoms. The molecule has 1 atom stereocenters. The van der Waals surface area contributed by atoms with Gasteiger partial charge in [-0.05, 0) is 68.6 Å². The van der Waals surface area contributed by atoms with Crippen molar-refractivity contribution < 1.29 is 14.6 Å². The smallest absolute Gasteiger partial charge is 0.315 e. The Morgan fingerprint density at radius 1 is 1.12 bits per heavy atom. The molecule has 5 aliphatic rings. The lowest BCUT2D eigenvalue weighted by molar-refractivity contribution is -0.0690. The first kappa shape index (κ1) is 16.6. The molecule has 5 heteroatoms. The van der Waals surface area contributed by atoms with Gasteiger partial charge in [0.15, 0.2) is 0 Å². The molecule has 0 aromatic rings. The number of carbonyl (C=O) groups excluding carboxylic acids is 1. The number of nitrogens with one attached hydrogen (secondary N) is 2. The van der Waals surface area contributed by atoms with Gasteiger partial charge in [-0.3, -0.25) is 0 Å². The summed E-state index contributed by atoms with van der Waals surface area (Å²) >= 11 is 0. The van der Waals surface area contributed by atoms with Gasteiger partial charge < -0.3 is 20.5 Å². The van der Waals surface area contributed by atoms with Crippen molar-refractivity contribution in [2.24, 2.45) is 23.2 Å². The minimum absolute atomic E-state index is 0.127. The number of aliphatic hydroxyl groups is 1. The fourth-order valence-electron chi connectivity index (χ4n) is 6.28. The zero-order valence-electron chi connectivity index (χ0n) is 14.9. The maximum atomic E-state index is 12.4. The molecule has 5 nitrogen and oxygen atoms in total. The SMILES string of the molecule is CC(NC(=O)NCC1(O)CCOCC1)C12CC3CC(CC(C3)C1)C2. The van der Waals surface area contributed by atoms with Gasteiger partial charge in [-0.15, -0.1) is 0 Å². The summed E-state index contributed by atoms with van der Waals surface area (Å²) in [4.78, 5) is 12.4. The third-order valence-corrected chi connectivity index (χ3v) is 7.35. The number of ether oxygens (including phenoxy) is 1. The van der Waals surface area contributed by atoms with Crippen molar-refractivity contribution in [2.45, 2.75) is 69.9 Å². The maximum absolute atomic E-state index is 12.4. The van der Waals surface area contributed by atoms with Crippen LogP contribution < -0.4 is 10.6 Å². The van der Waals surface area contributed by atoms with Crippen molar-refractivity contribution in [1.82, 2.24) is 10.6 Å². The molecule has 0 aromatic heterocycles. The zero-order valence-corrected chi connectivity index (χ0v) is 14.9. The second-order valence-corrected chi connectivity index (χ2v) is 9.17. The summed E-state index contributed by atoms with van der Waals surface area (Å²) in [5, 5.41) is 16.6. The Balaban J connectivity index is 1.31. The van der Waals surface area contributed by atoms with E-state index in [-0.39, 0.29) is 12.1 Å². The van der Waals surface area contributed by atoms with Crippen molar-refractivity contribution in [2.75, 3.05) is 19.8 Å². The Morgan fingerprint density at radius 2 is 1.67 bits per heavy atom.